The maximum Gasteiger partial charge on any atom is 0.271 e. The van der Waals surface area contributed by atoms with Gasteiger partial charge < -0.3 is 19.5 Å². The van der Waals surface area contributed by atoms with Crippen LogP contribution in [-0.2, 0) is 26.2 Å². The molecule has 1 saturated carbocycles. The highest BCUT2D eigenvalue weighted by molar-refractivity contribution is 7.18. The molecule has 0 amide bonds. The Kier molecular flexibility index (Phi) is 7.87. The Morgan fingerprint density at radius 2 is 1.95 bits per heavy atom. The number of nitro groups is 1. The number of hydrogen-bond donors (Lipinski definition) is 0. The van der Waals surface area contributed by atoms with Gasteiger partial charge >= 0.3 is 0 Å². The summed E-state index contributed by atoms with van der Waals surface area (Å²) in [5.41, 5.74) is 3.85. The summed E-state index contributed by atoms with van der Waals surface area (Å²) in [6.45, 7) is 8.89. The third-order valence-corrected chi connectivity index (χ3v) is 8.86. The summed E-state index contributed by atoms with van der Waals surface area (Å²) in [4.78, 5) is 26.3. The van der Waals surface area contributed by atoms with Crippen molar-refractivity contribution in [2.75, 3.05) is 38.4 Å². The average Bonchev–Trinajstić information content (AvgIpc) is 3.40. The van der Waals surface area contributed by atoms with Crippen molar-refractivity contribution in [1.29, 1.82) is 0 Å². The van der Waals surface area contributed by atoms with Gasteiger partial charge in [0.05, 0.1) is 24.7 Å². The zero-order chi connectivity index (χ0) is 28.6. The number of carbonyl (C=O) groups is 1. The molecule has 2 atom stereocenters. The van der Waals surface area contributed by atoms with Crippen LogP contribution in [0.1, 0.15) is 31.3 Å². The number of ketones is 1. The van der Waals surface area contributed by atoms with Gasteiger partial charge in [0.1, 0.15) is 11.2 Å². The predicted molar refractivity (Wildman–Crippen MR) is 152 cm³/mol. The Labute approximate surface area is 237 Å². The van der Waals surface area contributed by atoms with Crippen LogP contribution < -0.4 is 14.6 Å². The minimum atomic E-state index is -1.19. The number of thiazole rings is 1. The fourth-order valence-corrected chi connectivity index (χ4v) is 6.82. The standard InChI is InChI=1S/C30H33N3O6S/c1-5-31-24-11-10-19(33(36)37)16-25(24)40-27(31)18-21-28(34)20(29(21)35)17-26-30(2,3)22-8-6-7-9-23(22)32(26)12-13-39-15-14-38-4/h6-11,16-18,20,28H,5,12-15H2,1-4H3. The number of hydrogen-bond acceptors (Lipinski definition) is 8. The Morgan fingerprint density at radius 3 is 2.65 bits per heavy atom. The zero-order valence-electron chi connectivity index (χ0n) is 23.1. The van der Waals surface area contributed by atoms with E-state index in [0.717, 1.165) is 32.2 Å². The number of carbonyl (C=O) groups excluding carboxylic acids is 1. The van der Waals surface area contributed by atoms with Gasteiger partial charge in [-0.1, -0.05) is 55.6 Å². The molecule has 9 nitrogen and oxygen atoms in total. The molecule has 2 aromatic carbocycles. The fourth-order valence-electron chi connectivity index (χ4n) is 5.61. The van der Waals surface area contributed by atoms with E-state index in [1.165, 1.54) is 23.5 Å². The number of nitro benzene ring substituents is 1. The van der Waals surface area contributed by atoms with Gasteiger partial charge in [-0.3, -0.25) is 14.9 Å². The highest BCUT2D eigenvalue weighted by atomic mass is 32.1. The molecule has 0 saturated heterocycles. The van der Waals surface area contributed by atoms with Crippen LogP contribution in [0.5, 0.6) is 0 Å². The molecule has 210 valence electrons. The number of nitrogens with zero attached hydrogens (tertiary/aromatic N) is 3. The van der Waals surface area contributed by atoms with Gasteiger partial charge in [-0.2, -0.15) is 4.57 Å². The first-order valence-electron chi connectivity index (χ1n) is 13.4. The van der Waals surface area contributed by atoms with Crippen molar-refractivity contribution in [3.63, 3.8) is 0 Å². The number of anilines is 1. The molecule has 0 bridgehead atoms. The first-order valence-corrected chi connectivity index (χ1v) is 14.2. The second kappa shape index (κ2) is 11.2. The summed E-state index contributed by atoms with van der Waals surface area (Å²) >= 11 is 1.35. The van der Waals surface area contributed by atoms with Crippen LogP contribution in [0.25, 0.3) is 16.3 Å². The summed E-state index contributed by atoms with van der Waals surface area (Å²) in [6.07, 6.45) is 2.34. The highest BCUT2D eigenvalue weighted by Crippen LogP contribution is 2.49. The molecule has 5 rings (SSSR count). The molecule has 1 aromatic heterocycles. The summed E-state index contributed by atoms with van der Waals surface area (Å²) in [5.74, 6) is -0.945. The third-order valence-electron chi connectivity index (χ3n) is 7.77. The van der Waals surface area contributed by atoms with Crippen molar-refractivity contribution in [2.45, 2.75) is 38.8 Å². The van der Waals surface area contributed by atoms with Gasteiger partial charge in [0.15, 0.2) is 5.78 Å². The predicted octanol–water partition coefficient (Wildman–Crippen LogP) is 3.77. The molecule has 10 heteroatoms. The lowest BCUT2D eigenvalue weighted by Crippen LogP contribution is -2.53. The van der Waals surface area contributed by atoms with E-state index in [9.17, 15) is 20.0 Å². The van der Waals surface area contributed by atoms with Crippen molar-refractivity contribution in [3.8, 4) is 0 Å². The summed E-state index contributed by atoms with van der Waals surface area (Å²) in [6, 6.07) is 12.9. The molecule has 2 aliphatic rings. The van der Waals surface area contributed by atoms with Gasteiger partial charge in [-0.15, -0.1) is 0 Å². The highest BCUT2D eigenvalue weighted by Gasteiger charge is 2.44. The van der Waals surface area contributed by atoms with E-state index in [1.54, 1.807) is 19.3 Å². The van der Waals surface area contributed by atoms with Crippen LogP contribution in [-0.4, -0.2) is 50.3 Å². The van der Waals surface area contributed by atoms with Crippen LogP contribution in [0.3, 0.4) is 0 Å². The van der Waals surface area contributed by atoms with E-state index in [1.807, 2.05) is 29.7 Å². The molecule has 1 fully saturated rings. The molecule has 1 aliphatic carbocycles. The Bertz CT molecular complexity index is 1520. The molecular weight excluding hydrogens is 530 g/mol. The molecule has 1 aliphatic heterocycles. The summed E-state index contributed by atoms with van der Waals surface area (Å²) in [7, 11) is 1.63. The lowest BCUT2D eigenvalue weighted by molar-refractivity contribution is -0.665. The molecule has 40 heavy (non-hydrogen) atoms. The van der Waals surface area contributed by atoms with E-state index >= 15 is 0 Å². The van der Waals surface area contributed by atoms with Gasteiger partial charge in [-0.25, -0.2) is 0 Å². The van der Waals surface area contributed by atoms with Gasteiger partial charge in [0.2, 0.25) is 5.52 Å². The van der Waals surface area contributed by atoms with Crippen molar-refractivity contribution < 1.29 is 28.9 Å². The zero-order valence-corrected chi connectivity index (χ0v) is 23.9. The smallest absolute Gasteiger partial charge is 0.271 e. The SMILES string of the molecule is CC[n+]1c(C=C2C(=O)C(C=C3N(CCOCCOC)c4ccccc4C3(C)C)C2[O-])sc2cc([N+](=O)[O-])ccc21. The van der Waals surface area contributed by atoms with Crippen molar-refractivity contribution in [2.24, 2.45) is 5.92 Å². The van der Waals surface area contributed by atoms with Crippen molar-refractivity contribution >= 4 is 44.8 Å². The first-order chi connectivity index (χ1) is 19.2. The molecule has 3 aromatic rings. The van der Waals surface area contributed by atoms with E-state index in [4.69, 9.17) is 9.47 Å². The third kappa shape index (κ3) is 4.85. The van der Waals surface area contributed by atoms with E-state index in [-0.39, 0.29) is 22.5 Å². The number of rotatable bonds is 10. The summed E-state index contributed by atoms with van der Waals surface area (Å²) in [5, 5.41) is 25.4. The molecule has 0 radical (unpaired) electrons. The minimum Gasteiger partial charge on any atom is -0.848 e. The largest absolute Gasteiger partial charge is 0.848 e. The van der Waals surface area contributed by atoms with Crippen LogP contribution in [0.15, 0.2) is 59.8 Å². The maximum atomic E-state index is 13.4. The molecular formula is C30H33N3O6S. The molecule has 0 N–H and O–H groups in total. The lowest BCUT2D eigenvalue weighted by atomic mass is 9.72. The van der Waals surface area contributed by atoms with E-state index in [2.05, 4.69) is 30.9 Å². The number of benzene rings is 2. The normalized spacial score (nSPS) is 21.8. The number of methoxy groups -OCH3 is 1. The average molecular weight is 564 g/mol. The molecule has 2 unspecified atom stereocenters. The minimum absolute atomic E-state index is 0.0122. The number of ether oxygens (including phenoxy) is 2. The number of aryl methyl sites for hydroxylation is 1. The summed E-state index contributed by atoms with van der Waals surface area (Å²) < 4.78 is 13.5. The number of fused-ring (bicyclic) bond motifs is 2. The van der Waals surface area contributed by atoms with Gasteiger partial charge in [0.25, 0.3) is 10.7 Å². The number of Topliss-reactive ketones (excluding diaryl/α,β-unsaturated/α-hetero) is 1. The number of aromatic nitrogens is 1. The van der Waals surface area contributed by atoms with Crippen LogP contribution in [0.4, 0.5) is 11.4 Å². The molecule has 0 spiro atoms. The van der Waals surface area contributed by atoms with Crippen molar-refractivity contribution in [3.05, 3.63) is 80.5 Å². The number of allylic oxidation sites excluding steroid dienone is 1. The quantitative estimate of drug-likeness (QED) is 0.121. The van der Waals surface area contributed by atoms with E-state index in [0.29, 0.717) is 32.9 Å². The second-order valence-corrected chi connectivity index (χ2v) is 11.5. The maximum absolute atomic E-state index is 13.4. The monoisotopic (exact) mass is 563 g/mol. The Hall–Kier alpha value is -3.44. The Balaban J connectivity index is 1.43. The van der Waals surface area contributed by atoms with Crippen LogP contribution in [0.2, 0.25) is 0 Å². The fraction of sp³-hybridized carbons (Fsp3) is 0.400. The van der Waals surface area contributed by atoms with Crippen LogP contribution in [0, 0.1) is 16.0 Å². The van der Waals surface area contributed by atoms with Crippen LogP contribution >= 0.6 is 11.3 Å². The lowest BCUT2D eigenvalue weighted by Gasteiger charge is -2.42. The van der Waals surface area contributed by atoms with E-state index < -0.39 is 16.9 Å². The van der Waals surface area contributed by atoms with Gasteiger partial charge in [0, 0.05) is 60.6 Å². The van der Waals surface area contributed by atoms with Crippen molar-refractivity contribution in [1.82, 2.24) is 0 Å². The topological polar surface area (TPSA) is 109 Å². The number of non-ortho nitro benzene ring substituents is 1. The first kappa shape index (κ1) is 28.1. The Morgan fingerprint density at radius 1 is 1.18 bits per heavy atom. The number of para-hydroxylation sites is 1. The second-order valence-electron chi connectivity index (χ2n) is 10.5. The van der Waals surface area contributed by atoms with Gasteiger partial charge in [-0.05, 0) is 24.1 Å². The molecule has 2 heterocycles.